The van der Waals surface area contributed by atoms with Crippen molar-refractivity contribution in [3.05, 3.63) is 92.6 Å². The molecular weight excluding hydrogens is 404 g/mol. The molecule has 7 nitrogen and oxygen atoms in total. The van der Waals surface area contributed by atoms with Crippen LogP contribution in [-0.2, 0) is 11.3 Å². The van der Waals surface area contributed by atoms with E-state index in [-0.39, 0.29) is 22.4 Å². The molecule has 0 radical (unpaired) electrons. The van der Waals surface area contributed by atoms with Crippen LogP contribution in [0.15, 0.2) is 70.0 Å². The van der Waals surface area contributed by atoms with E-state index in [9.17, 15) is 19.7 Å². The van der Waals surface area contributed by atoms with E-state index in [0.717, 1.165) is 22.9 Å². The van der Waals surface area contributed by atoms with Crippen molar-refractivity contribution < 1.29 is 18.9 Å². The fraction of sp³-hybridized carbons (Fsp3) is 0.0909. The third kappa shape index (κ3) is 3.90. The smallest absolute Gasteiger partial charge is 0.293 e. The molecule has 0 spiro atoms. The number of imide groups is 1. The Kier molecular flexibility index (Phi) is 5.24. The summed E-state index contributed by atoms with van der Waals surface area (Å²) < 4.78 is 5.70. The molecule has 0 aliphatic carbocycles. The summed E-state index contributed by atoms with van der Waals surface area (Å²) in [4.78, 5) is 37.2. The van der Waals surface area contributed by atoms with Gasteiger partial charge in [0, 0.05) is 12.1 Å². The molecule has 1 saturated heterocycles. The van der Waals surface area contributed by atoms with Crippen LogP contribution in [0.1, 0.15) is 16.9 Å². The second-order valence-electron chi connectivity index (χ2n) is 6.73. The van der Waals surface area contributed by atoms with Gasteiger partial charge in [0.05, 0.1) is 21.9 Å². The number of aryl methyl sites for hydroxylation is 1. The van der Waals surface area contributed by atoms with E-state index < -0.39 is 10.8 Å². The SMILES string of the molecule is Cc1cccc(CN2C(=O)S/C(=C\c3ccc(-c4ccccc4[N+](=O)[O-])o3)C2=O)c1. The number of amides is 2. The highest BCUT2D eigenvalue weighted by molar-refractivity contribution is 8.18. The number of nitro benzene ring substituents is 1. The van der Waals surface area contributed by atoms with Gasteiger partial charge in [-0.25, -0.2) is 0 Å². The number of carbonyl (C=O) groups is 2. The van der Waals surface area contributed by atoms with Crippen molar-refractivity contribution in [2.24, 2.45) is 0 Å². The molecule has 0 bridgehead atoms. The number of hydrogen-bond donors (Lipinski definition) is 0. The van der Waals surface area contributed by atoms with Gasteiger partial charge in [-0.15, -0.1) is 0 Å². The van der Waals surface area contributed by atoms with Crippen molar-refractivity contribution >= 4 is 34.7 Å². The maximum Gasteiger partial charge on any atom is 0.293 e. The van der Waals surface area contributed by atoms with Gasteiger partial charge in [-0.1, -0.05) is 42.0 Å². The Bertz CT molecular complexity index is 1200. The lowest BCUT2D eigenvalue weighted by molar-refractivity contribution is -0.384. The van der Waals surface area contributed by atoms with E-state index in [0.29, 0.717) is 17.1 Å². The predicted octanol–water partition coefficient (Wildman–Crippen LogP) is 5.40. The van der Waals surface area contributed by atoms with E-state index in [2.05, 4.69) is 0 Å². The first-order valence-corrected chi connectivity index (χ1v) is 9.88. The lowest BCUT2D eigenvalue weighted by Crippen LogP contribution is -2.27. The standard InChI is InChI=1S/C22H16N2O5S/c1-14-5-4-6-15(11-14)13-23-21(25)20(30-22(23)26)12-16-9-10-19(29-16)17-7-2-3-8-18(17)24(27)28/h2-12H,13H2,1H3/b20-12-. The molecule has 8 heteroatoms. The van der Waals surface area contributed by atoms with Crippen molar-refractivity contribution in [1.29, 1.82) is 0 Å². The lowest BCUT2D eigenvalue weighted by atomic mass is 10.1. The average molecular weight is 420 g/mol. The van der Waals surface area contributed by atoms with Crippen LogP contribution in [0.5, 0.6) is 0 Å². The second-order valence-corrected chi connectivity index (χ2v) is 7.73. The summed E-state index contributed by atoms with van der Waals surface area (Å²) in [6.45, 7) is 2.14. The molecule has 0 unspecified atom stereocenters. The third-order valence-corrected chi connectivity index (χ3v) is 5.47. The first-order chi connectivity index (χ1) is 14.4. The van der Waals surface area contributed by atoms with E-state index in [1.165, 1.54) is 17.0 Å². The number of nitro groups is 1. The maximum atomic E-state index is 12.7. The molecule has 1 aromatic heterocycles. The molecule has 1 aliphatic rings. The normalized spacial score (nSPS) is 15.2. The van der Waals surface area contributed by atoms with Gasteiger partial charge < -0.3 is 4.42 Å². The summed E-state index contributed by atoms with van der Waals surface area (Å²) >= 11 is 0.844. The Morgan fingerprint density at radius 2 is 1.90 bits per heavy atom. The third-order valence-electron chi connectivity index (χ3n) is 4.56. The molecule has 0 saturated carbocycles. The fourth-order valence-corrected chi connectivity index (χ4v) is 3.99. The minimum atomic E-state index is -0.478. The van der Waals surface area contributed by atoms with E-state index in [1.54, 1.807) is 30.3 Å². The number of thioether (sulfide) groups is 1. The van der Waals surface area contributed by atoms with Crippen molar-refractivity contribution in [2.45, 2.75) is 13.5 Å². The second kappa shape index (κ2) is 8.00. The summed E-state index contributed by atoms with van der Waals surface area (Å²) in [5.41, 5.74) is 2.19. The van der Waals surface area contributed by atoms with Crippen LogP contribution in [0.3, 0.4) is 0 Å². The zero-order valence-corrected chi connectivity index (χ0v) is 16.7. The van der Waals surface area contributed by atoms with Gasteiger partial charge in [0.25, 0.3) is 16.8 Å². The highest BCUT2D eigenvalue weighted by Crippen LogP contribution is 2.35. The average Bonchev–Trinajstić information content (AvgIpc) is 3.28. The minimum absolute atomic E-state index is 0.0723. The number of rotatable bonds is 5. The van der Waals surface area contributed by atoms with Crippen molar-refractivity contribution in [3.8, 4) is 11.3 Å². The first-order valence-electron chi connectivity index (χ1n) is 9.07. The Morgan fingerprint density at radius 3 is 2.67 bits per heavy atom. The van der Waals surface area contributed by atoms with E-state index in [1.807, 2.05) is 31.2 Å². The predicted molar refractivity (Wildman–Crippen MR) is 113 cm³/mol. The van der Waals surface area contributed by atoms with Gasteiger partial charge in [0.2, 0.25) is 0 Å². The van der Waals surface area contributed by atoms with E-state index >= 15 is 0 Å². The molecule has 0 N–H and O–H groups in total. The molecular formula is C22H16N2O5S. The molecule has 0 atom stereocenters. The Hall–Kier alpha value is -3.65. The first kappa shape index (κ1) is 19.7. The number of nitrogens with zero attached hydrogens (tertiary/aromatic N) is 2. The Balaban J connectivity index is 1.57. The monoisotopic (exact) mass is 420 g/mol. The minimum Gasteiger partial charge on any atom is -0.456 e. The Labute approximate surface area is 176 Å². The number of para-hydroxylation sites is 1. The molecule has 3 aromatic rings. The molecule has 2 heterocycles. The van der Waals surface area contributed by atoms with Crippen LogP contribution in [0.25, 0.3) is 17.4 Å². The van der Waals surface area contributed by atoms with Crippen molar-refractivity contribution in [2.75, 3.05) is 0 Å². The van der Waals surface area contributed by atoms with Crippen LogP contribution in [-0.4, -0.2) is 21.0 Å². The summed E-state index contributed by atoms with van der Waals surface area (Å²) in [6.07, 6.45) is 1.49. The number of hydrogen-bond acceptors (Lipinski definition) is 6. The highest BCUT2D eigenvalue weighted by Gasteiger charge is 2.35. The largest absolute Gasteiger partial charge is 0.456 e. The van der Waals surface area contributed by atoms with Gasteiger partial charge in [-0.3, -0.25) is 24.6 Å². The van der Waals surface area contributed by atoms with Gasteiger partial charge >= 0.3 is 0 Å². The number of carbonyl (C=O) groups excluding carboxylic acids is 2. The molecule has 1 aliphatic heterocycles. The van der Waals surface area contributed by atoms with Crippen LogP contribution < -0.4 is 0 Å². The van der Waals surface area contributed by atoms with Crippen LogP contribution in [0.4, 0.5) is 10.5 Å². The van der Waals surface area contributed by atoms with Gasteiger partial charge in [-0.2, -0.15) is 0 Å². The topological polar surface area (TPSA) is 93.7 Å². The van der Waals surface area contributed by atoms with Crippen LogP contribution in [0.2, 0.25) is 0 Å². The summed E-state index contributed by atoms with van der Waals surface area (Å²) in [6, 6.07) is 17.1. The molecule has 30 heavy (non-hydrogen) atoms. The van der Waals surface area contributed by atoms with E-state index in [4.69, 9.17) is 4.42 Å². The number of furan rings is 1. The summed E-state index contributed by atoms with van der Waals surface area (Å²) in [5.74, 6) is 0.256. The van der Waals surface area contributed by atoms with Crippen molar-refractivity contribution in [1.82, 2.24) is 4.90 Å². The van der Waals surface area contributed by atoms with Gasteiger partial charge in [-0.05, 0) is 42.4 Å². The quantitative estimate of drug-likeness (QED) is 0.312. The zero-order valence-electron chi connectivity index (χ0n) is 15.9. The van der Waals surface area contributed by atoms with Gasteiger partial charge in [0.15, 0.2) is 0 Å². The summed E-state index contributed by atoms with van der Waals surface area (Å²) in [7, 11) is 0. The fourth-order valence-electron chi connectivity index (χ4n) is 3.17. The molecule has 2 amide bonds. The molecule has 2 aromatic carbocycles. The van der Waals surface area contributed by atoms with Crippen LogP contribution in [0, 0.1) is 17.0 Å². The highest BCUT2D eigenvalue weighted by atomic mass is 32.2. The molecule has 150 valence electrons. The maximum absolute atomic E-state index is 12.7. The lowest BCUT2D eigenvalue weighted by Gasteiger charge is -2.12. The van der Waals surface area contributed by atoms with Crippen LogP contribution >= 0.6 is 11.8 Å². The molecule has 4 rings (SSSR count). The Morgan fingerprint density at radius 1 is 1.10 bits per heavy atom. The zero-order chi connectivity index (χ0) is 21.3. The summed E-state index contributed by atoms with van der Waals surface area (Å²) in [5, 5.41) is 10.9. The molecule has 1 fully saturated rings. The van der Waals surface area contributed by atoms with Crippen molar-refractivity contribution in [3.63, 3.8) is 0 Å². The number of benzene rings is 2. The van der Waals surface area contributed by atoms with Gasteiger partial charge in [0.1, 0.15) is 11.5 Å².